The quantitative estimate of drug-likeness (QED) is 0.471. The van der Waals surface area contributed by atoms with E-state index in [2.05, 4.69) is 20.2 Å². The molecule has 0 aliphatic carbocycles. The van der Waals surface area contributed by atoms with Gasteiger partial charge in [0.1, 0.15) is 0 Å². The van der Waals surface area contributed by atoms with Gasteiger partial charge in [-0.2, -0.15) is 13.2 Å². The van der Waals surface area contributed by atoms with Crippen molar-refractivity contribution in [1.82, 2.24) is 15.3 Å². The van der Waals surface area contributed by atoms with Gasteiger partial charge in [-0.15, -0.1) is 0 Å². The van der Waals surface area contributed by atoms with E-state index < -0.39 is 19.3 Å². The largest absolute Gasteiger partial charge is 0.491 e. The van der Waals surface area contributed by atoms with Gasteiger partial charge >= 0.3 is 19.3 Å². The van der Waals surface area contributed by atoms with Gasteiger partial charge in [0, 0.05) is 44.0 Å². The molecule has 2 heterocycles. The number of anilines is 1. The van der Waals surface area contributed by atoms with E-state index in [0.29, 0.717) is 11.4 Å². The van der Waals surface area contributed by atoms with Crippen LogP contribution in [0, 0.1) is 0 Å². The van der Waals surface area contributed by atoms with Gasteiger partial charge in [0.15, 0.2) is 0 Å². The molecule has 12 heteroatoms. The Morgan fingerprint density at radius 1 is 1.23 bits per heavy atom. The summed E-state index contributed by atoms with van der Waals surface area (Å²) >= 11 is 0. The van der Waals surface area contributed by atoms with Crippen LogP contribution < -0.4 is 15.7 Å². The lowest BCUT2D eigenvalue weighted by atomic mass is 9.83. The number of hydrogen-bond donors (Lipinski definition) is 4. The molecular weight excluding hydrogens is 308 g/mol. The SMILES string of the molecule is O=C(O)C(F)(F)F.OB(O)c1cnc(N2CCNCC2)nc1. The average molecular weight is 322 g/mol. The number of hydrogen-bond acceptors (Lipinski definition) is 7. The predicted octanol–water partition coefficient (Wildman–Crippen LogP) is -1.80. The number of nitrogens with zero attached hydrogens (tertiary/aromatic N) is 3. The summed E-state index contributed by atoms with van der Waals surface area (Å²) < 4.78 is 31.7. The van der Waals surface area contributed by atoms with Crippen molar-refractivity contribution in [3.63, 3.8) is 0 Å². The van der Waals surface area contributed by atoms with Gasteiger partial charge < -0.3 is 25.4 Å². The topological polar surface area (TPSA) is 119 Å². The summed E-state index contributed by atoms with van der Waals surface area (Å²) in [5.41, 5.74) is 0.314. The summed E-state index contributed by atoms with van der Waals surface area (Å²) in [5.74, 6) is -2.12. The van der Waals surface area contributed by atoms with Crippen molar-refractivity contribution in [3.8, 4) is 0 Å². The standard InChI is InChI=1S/C8H13BN4O2.C2HF3O2/c14-9(15)7-5-11-8(12-6-7)13-3-1-10-2-4-13;3-2(4,5)1(6)7/h5-6,10,14-15H,1-4H2;(H,6,7). The molecule has 1 fully saturated rings. The molecule has 8 nitrogen and oxygen atoms in total. The lowest BCUT2D eigenvalue weighted by molar-refractivity contribution is -0.192. The molecular formula is C10H14BF3N4O4. The van der Waals surface area contributed by atoms with E-state index in [4.69, 9.17) is 19.9 Å². The van der Waals surface area contributed by atoms with Crippen molar-refractivity contribution in [3.05, 3.63) is 12.4 Å². The molecule has 1 aliphatic heterocycles. The molecule has 0 saturated carbocycles. The van der Waals surface area contributed by atoms with Crippen LogP contribution in [0.25, 0.3) is 0 Å². The molecule has 0 radical (unpaired) electrons. The van der Waals surface area contributed by atoms with Crippen LogP contribution in [0.1, 0.15) is 0 Å². The number of piperazine rings is 1. The fourth-order valence-electron chi connectivity index (χ4n) is 1.49. The lowest BCUT2D eigenvalue weighted by Gasteiger charge is -2.27. The van der Waals surface area contributed by atoms with Crippen molar-refractivity contribution >= 4 is 24.5 Å². The number of nitrogens with one attached hydrogen (secondary N) is 1. The molecule has 1 saturated heterocycles. The third-order valence-electron chi connectivity index (χ3n) is 2.60. The number of rotatable bonds is 2. The first-order valence-corrected chi connectivity index (χ1v) is 6.15. The van der Waals surface area contributed by atoms with Crippen LogP contribution in [-0.4, -0.2) is 70.6 Å². The highest BCUT2D eigenvalue weighted by atomic mass is 19.4. The van der Waals surface area contributed by atoms with Gasteiger partial charge in [-0.3, -0.25) is 0 Å². The van der Waals surface area contributed by atoms with Gasteiger partial charge in [-0.05, 0) is 0 Å². The van der Waals surface area contributed by atoms with Gasteiger partial charge in [-0.25, -0.2) is 14.8 Å². The second kappa shape index (κ2) is 7.91. The molecule has 1 aromatic heterocycles. The number of alkyl halides is 3. The minimum atomic E-state index is -5.08. The highest BCUT2D eigenvalue weighted by Gasteiger charge is 2.38. The molecule has 4 N–H and O–H groups in total. The van der Waals surface area contributed by atoms with Crippen molar-refractivity contribution in [1.29, 1.82) is 0 Å². The van der Waals surface area contributed by atoms with E-state index >= 15 is 0 Å². The van der Waals surface area contributed by atoms with Crippen LogP contribution in [0.15, 0.2) is 12.4 Å². The zero-order valence-corrected chi connectivity index (χ0v) is 11.3. The van der Waals surface area contributed by atoms with Gasteiger partial charge in [0.25, 0.3) is 0 Å². The number of aromatic nitrogens is 2. The Kier molecular flexibility index (Phi) is 6.52. The first-order chi connectivity index (χ1) is 10.2. The molecule has 22 heavy (non-hydrogen) atoms. The first kappa shape index (κ1) is 18.1. The number of carboxylic acids is 1. The third-order valence-corrected chi connectivity index (χ3v) is 2.60. The van der Waals surface area contributed by atoms with Crippen molar-refractivity contribution in [2.45, 2.75) is 6.18 Å². The minimum absolute atomic E-state index is 0.314. The average Bonchev–Trinajstić information content (AvgIpc) is 2.48. The monoisotopic (exact) mass is 322 g/mol. The fourth-order valence-corrected chi connectivity index (χ4v) is 1.49. The Morgan fingerprint density at radius 3 is 2.05 bits per heavy atom. The maximum Gasteiger partial charge on any atom is 0.491 e. The second-order valence-electron chi connectivity index (χ2n) is 4.23. The summed E-state index contributed by atoms with van der Waals surface area (Å²) in [6.07, 6.45) is -2.20. The number of carboxylic acid groups (broad SMARTS) is 1. The summed E-state index contributed by atoms with van der Waals surface area (Å²) in [5, 5.41) is 28.1. The predicted molar refractivity (Wildman–Crippen MR) is 70.6 cm³/mol. The third kappa shape index (κ3) is 5.83. The molecule has 122 valence electrons. The van der Waals surface area contributed by atoms with Crippen LogP contribution in [0.2, 0.25) is 0 Å². The zero-order valence-electron chi connectivity index (χ0n) is 11.3. The zero-order chi connectivity index (χ0) is 16.8. The molecule has 2 rings (SSSR count). The van der Waals surface area contributed by atoms with E-state index in [1.165, 1.54) is 12.4 Å². The van der Waals surface area contributed by atoms with Crippen molar-refractivity contribution in [2.75, 3.05) is 31.1 Å². The van der Waals surface area contributed by atoms with Crippen LogP contribution in [0.3, 0.4) is 0 Å². The van der Waals surface area contributed by atoms with Crippen molar-refractivity contribution in [2.24, 2.45) is 0 Å². The van der Waals surface area contributed by atoms with Crippen LogP contribution in [-0.2, 0) is 4.79 Å². The van der Waals surface area contributed by atoms with E-state index in [-0.39, 0.29) is 0 Å². The van der Waals surface area contributed by atoms with E-state index in [1.54, 1.807) is 0 Å². The van der Waals surface area contributed by atoms with Gasteiger partial charge in [-0.1, -0.05) is 0 Å². The maximum atomic E-state index is 10.6. The molecule has 0 amide bonds. The summed E-state index contributed by atoms with van der Waals surface area (Å²) in [4.78, 5) is 19.1. The number of halogens is 3. The van der Waals surface area contributed by atoms with Gasteiger partial charge in [0.05, 0.1) is 0 Å². The molecule has 1 aliphatic rings. The van der Waals surface area contributed by atoms with E-state index in [0.717, 1.165) is 26.2 Å². The molecule has 0 atom stereocenters. The van der Waals surface area contributed by atoms with Crippen molar-refractivity contribution < 1.29 is 33.1 Å². The minimum Gasteiger partial charge on any atom is -0.475 e. The van der Waals surface area contributed by atoms with Crippen LogP contribution >= 0.6 is 0 Å². The Morgan fingerprint density at radius 2 is 1.68 bits per heavy atom. The molecule has 0 spiro atoms. The number of aliphatic carboxylic acids is 1. The Labute approximate surface area is 123 Å². The molecule has 1 aromatic rings. The molecule has 0 aromatic carbocycles. The Balaban J connectivity index is 0.000000295. The van der Waals surface area contributed by atoms with E-state index in [1.807, 2.05) is 0 Å². The normalized spacial score (nSPS) is 14.9. The maximum absolute atomic E-state index is 10.6. The van der Waals surface area contributed by atoms with E-state index in [9.17, 15) is 13.2 Å². The Hall–Kier alpha value is -1.92. The highest BCUT2D eigenvalue weighted by Crippen LogP contribution is 2.13. The summed E-state index contributed by atoms with van der Waals surface area (Å²) in [6.45, 7) is 3.60. The lowest BCUT2D eigenvalue weighted by Crippen LogP contribution is -2.44. The first-order valence-electron chi connectivity index (χ1n) is 6.15. The number of carbonyl (C=O) groups is 1. The highest BCUT2D eigenvalue weighted by molar-refractivity contribution is 6.58. The second-order valence-corrected chi connectivity index (χ2v) is 4.23. The molecule has 0 unspecified atom stereocenters. The smallest absolute Gasteiger partial charge is 0.475 e. The van der Waals surface area contributed by atoms with Gasteiger partial charge in [0.2, 0.25) is 5.95 Å². The molecule has 0 bridgehead atoms. The Bertz CT molecular complexity index is 480. The van der Waals surface area contributed by atoms with Crippen LogP contribution in [0.5, 0.6) is 0 Å². The summed E-state index contributed by atoms with van der Waals surface area (Å²) in [7, 11) is -1.50. The summed E-state index contributed by atoms with van der Waals surface area (Å²) in [6, 6.07) is 0. The fraction of sp³-hybridized carbons (Fsp3) is 0.500. The van der Waals surface area contributed by atoms with Crippen LogP contribution in [0.4, 0.5) is 19.1 Å².